The number of sulfonamides is 1. The van der Waals surface area contributed by atoms with Gasteiger partial charge in [0.25, 0.3) is 5.91 Å². The molecule has 6 rings (SSSR count). The van der Waals surface area contributed by atoms with Crippen LogP contribution >= 0.6 is 0 Å². The number of ether oxygens (including phenoxy) is 3. The number of rotatable bonds is 16. The van der Waals surface area contributed by atoms with Crippen molar-refractivity contribution in [1.29, 1.82) is 0 Å². The lowest BCUT2D eigenvalue weighted by atomic mass is 9.96. The maximum absolute atomic E-state index is 14.8. The van der Waals surface area contributed by atoms with E-state index >= 15 is 0 Å². The van der Waals surface area contributed by atoms with E-state index in [9.17, 15) is 37.5 Å². The number of aliphatic carboxylic acids is 1. The molecule has 0 radical (unpaired) electrons. The number of nitrogens with zero attached hydrogens (tertiary/aromatic N) is 2. The van der Waals surface area contributed by atoms with Crippen LogP contribution in [0.1, 0.15) is 59.8 Å². The molecule has 320 valence electrons. The van der Waals surface area contributed by atoms with Crippen LogP contribution in [0.25, 0.3) is 22.2 Å². The number of amides is 4. The Balaban J connectivity index is 1.36. The molecule has 2 aromatic carbocycles. The first-order valence-electron chi connectivity index (χ1n) is 19.7. The van der Waals surface area contributed by atoms with Crippen molar-refractivity contribution in [1.82, 2.24) is 25.2 Å². The highest BCUT2D eigenvalue weighted by atomic mass is 32.2. The Kier molecular flexibility index (Phi) is 12.6. The lowest BCUT2D eigenvalue weighted by Gasteiger charge is -2.32. The summed E-state index contributed by atoms with van der Waals surface area (Å²) in [6.07, 6.45) is 2.94. The van der Waals surface area contributed by atoms with Gasteiger partial charge in [0.1, 0.15) is 40.8 Å². The van der Waals surface area contributed by atoms with Crippen LogP contribution in [-0.4, -0.2) is 101 Å². The van der Waals surface area contributed by atoms with Gasteiger partial charge < -0.3 is 34.9 Å². The van der Waals surface area contributed by atoms with Gasteiger partial charge in [0.2, 0.25) is 21.8 Å². The van der Waals surface area contributed by atoms with Crippen LogP contribution in [0, 0.1) is 11.8 Å². The molecule has 3 fully saturated rings. The second-order valence-electron chi connectivity index (χ2n) is 16.5. The predicted octanol–water partition coefficient (Wildman–Crippen LogP) is 4.49. The third-order valence-corrected chi connectivity index (χ3v) is 12.5. The monoisotopic (exact) mass is 845 g/mol. The van der Waals surface area contributed by atoms with Crippen molar-refractivity contribution in [3.05, 3.63) is 79.4 Å². The Morgan fingerprint density at radius 3 is 2.42 bits per heavy atom. The first-order valence-corrected chi connectivity index (χ1v) is 21.3. The summed E-state index contributed by atoms with van der Waals surface area (Å²) in [6, 6.07) is 13.9. The van der Waals surface area contributed by atoms with E-state index < -0.39 is 86.2 Å². The number of carboxylic acids is 1. The first-order chi connectivity index (χ1) is 28.3. The molecule has 0 spiro atoms. The van der Waals surface area contributed by atoms with Crippen molar-refractivity contribution in [2.75, 3.05) is 13.7 Å². The van der Waals surface area contributed by atoms with Crippen molar-refractivity contribution in [2.45, 2.75) is 94.4 Å². The lowest BCUT2D eigenvalue weighted by Crippen LogP contribution is -2.59. The summed E-state index contributed by atoms with van der Waals surface area (Å²) in [5.41, 5.74) is -0.599. The van der Waals surface area contributed by atoms with Gasteiger partial charge in [0, 0.05) is 41.5 Å². The Hall–Kier alpha value is -5.97. The molecule has 1 aliphatic heterocycles. The van der Waals surface area contributed by atoms with Gasteiger partial charge in [-0.15, -0.1) is 6.58 Å². The van der Waals surface area contributed by atoms with Crippen LogP contribution < -0.4 is 24.8 Å². The van der Waals surface area contributed by atoms with Crippen molar-refractivity contribution in [3.8, 4) is 22.8 Å². The number of carboxylic acid groups (broad SMARTS) is 1. The Labute approximate surface area is 348 Å². The summed E-state index contributed by atoms with van der Waals surface area (Å²) in [6.45, 7) is 10.2. The Morgan fingerprint density at radius 1 is 1.08 bits per heavy atom. The van der Waals surface area contributed by atoms with Gasteiger partial charge in [-0.25, -0.2) is 23.0 Å². The van der Waals surface area contributed by atoms with E-state index in [-0.39, 0.29) is 25.8 Å². The molecule has 3 aliphatic rings. The van der Waals surface area contributed by atoms with E-state index in [0.29, 0.717) is 40.9 Å². The molecular weight excluding hydrogens is 795 g/mol. The molecule has 6 atom stereocenters. The summed E-state index contributed by atoms with van der Waals surface area (Å²) >= 11 is 0. The van der Waals surface area contributed by atoms with Crippen LogP contribution in [-0.2, 0) is 33.9 Å². The molecule has 4 N–H and O–H groups in total. The molecule has 3 aromatic rings. The third kappa shape index (κ3) is 10.1. The van der Waals surface area contributed by atoms with Crippen LogP contribution in [0.2, 0.25) is 0 Å². The van der Waals surface area contributed by atoms with Crippen LogP contribution in [0.3, 0.4) is 0 Å². The number of carbonyl (C=O) groups excluding carboxylic acids is 4. The lowest BCUT2D eigenvalue weighted by molar-refractivity contribution is -0.142. The highest BCUT2D eigenvalue weighted by Crippen LogP contribution is 2.46. The number of nitrogens with one attached hydrogen (secondary N) is 3. The van der Waals surface area contributed by atoms with E-state index in [1.807, 2.05) is 30.3 Å². The number of benzene rings is 2. The van der Waals surface area contributed by atoms with Crippen molar-refractivity contribution in [2.24, 2.45) is 11.8 Å². The number of pyridine rings is 1. The van der Waals surface area contributed by atoms with Gasteiger partial charge >= 0.3 is 12.1 Å². The van der Waals surface area contributed by atoms with E-state index in [4.69, 9.17) is 19.2 Å². The normalized spacial score (nSPS) is 22.4. The quantitative estimate of drug-likeness (QED) is 0.116. The van der Waals surface area contributed by atoms with Gasteiger partial charge in [0.15, 0.2) is 0 Å². The Bertz CT molecular complexity index is 2310. The first kappa shape index (κ1) is 43.6. The molecule has 0 unspecified atom stereocenters. The summed E-state index contributed by atoms with van der Waals surface area (Å²) in [4.78, 5) is 73.6. The average Bonchev–Trinajstić information content (AvgIpc) is 4.12. The zero-order valence-corrected chi connectivity index (χ0v) is 35.0. The SMILES string of the molecule is C=C[C@@H]1C[C@]1(NC(=O)[C@@H]1C[C@@H](Oc2cc(-c3ccccc3)nc3cc(OC)ccc23)CN1C(=O)[C@@H](NC(=O)OC(C)(C)C)[C@H](C)CC=CC(=O)O)C(=O)NS(=O)(=O)C1CC1. The molecule has 17 heteroatoms. The fourth-order valence-corrected chi connectivity index (χ4v) is 8.68. The highest BCUT2D eigenvalue weighted by molar-refractivity contribution is 7.91. The van der Waals surface area contributed by atoms with Gasteiger partial charge in [-0.2, -0.15) is 0 Å². The summed E-state index contributed by atoms with van der Waals surface area (Å²) in [5, 5.41) is 14.6. The topological polar surface area (TPSA) is 220 Å². The van der Waals surface area contributed by atoms with Gasteiger partial charge in [0.05, 0.1) is 30.1 Å². The molecule has 1 aromatic heterocycles. The average molecular weight is 846 g/mol. The minimum atomic E-state index is -3.97. The molecule has 16 nitrogen and oxygen atoms in total. The van der Waals surface area contributed by atoms with Crippen molar-refractivity contribution in [3.63, 3.8) is 0 Å². The molecule has 2 aliphatic carbocycles. The summed E-state index contributed by atoms with van der Waals surface area (Å²) in [7, 11) is -2.42. The largest absolute Gasteiger partial charge is 0.497 e. The van der Waals surface area contributed by atoms with E-state index in [1.54, 1.807) is 59.1 Å². The molecule has 2 saturated carbocycles. The van der Waals surface area contributed by atoms with Crippen LogP contribution in [0.5, 0.6) is 11.5 Å². The second-order valence-corrected chi connectivity index (χ2v) is 18.5. The van der Waals surface area contributed by atoms with E-state index in [1.165, 1.54) is 17.1 Å². The Morgan fingerprint density at radius 2 is 1.80 bits per heavy atom. The number of hydrogen-bond donors (Lipinski definition) is 4. The van der Waals surface area contributed by atoms with Gasteiger partial charge in [-0.05, 0) is 64.5 Å². The van der Waals surface area contributed by atoms with Gasteiger partial charge in [-0.3, -0.25) is 19.1 Å². The third-order valence-electron chi connectivity index (χ3n) is 10.7. The van der Waals surface area contributed by atoms with Crippen LogP contribution in [0.4, 0.5) is 4.79 Å². The minimum Gasteiger partial charge on any atom is -0.497 e. The second kappa shape index (κ2) is 17.3. The highest BCUT2D eigenvalue weighted by Gasteiger charge is 2.62. The fourth-order valence-electron chi connectivity index (χ4n) is 7.31. The zero-order valence-electron chi connectivity index (χ0n) is 34.2. The van der Waals surface area contributed by atoms with Crippen molar-refractivity contribution < 1.29 is 51.7 Å². The number of fused-ring (bicyclic) bond motifs is 1. The molecule has 0 bridgehead atoms. The number of aromatic nitrogens is 1. The predicted molar refractivity (Wildman–Crippen MR) is 221 cm³/mol. The van der Waals surface area contributed by atoms with E-state index in [2.05, 4.69) is 21.9 Å². The minimum absolute atomic E-state index is 0.0532. The van der Waals surface area contributed by atoms with Gasteiger partial charge in [-0.1, -0.05) is 49.4 Å². The van der Waals surface area contributed by atoms with Crippen molar-refractivity contribution >= 4 is 50.7 Å². The number of likely N-dealkylation sites (tertiary alicyclic amines) is 1. The van der Waals surface area contributed by atoms with E-state index in [0.717, 1.165) is 11.6 Å². The zero-order chi connectivity index (χ0) is 43.6. The number of hydrogen-bond acceptors (Lipinski definition) is 11. The molecule has 4 amide bonds. The number of methoxy groups -OCH3 is 1. The summed E-state index contributed by atoms with van der Waals surface area (Å²) in [5.74, 6) is -3.85. The molecular formula is C43H51N5O11S. The van der Waals surface area contributed by atoms with Crippen LogP contribution in [0.15, 0.2) is 79.4 Å². The molecule has 60 heavy (non-hydrogen) atoms. The smallest absolute Gasteiger partial charge is 0.408 e. The number of carbonyl (C=O) groups is 5. The number of alkyl carbamates (subject to hydrolysis) is 1. The maximum atomic E-state index is 14.8. The number of allylic oxidation sites excluding steroid dienone is 1. The summed E-state index contributed by atoms with van der Waals surface area (Å²) < 4.78 is 45.4. The molecule has 1 saturated heterocycles. The maximum Gasteiger partial charge on any atom is 0.408 e. The fraction of sp³-hybridized carbons (Fsp3) is 0.442. The standard InChI is InChI=1S/C43H51N5O11S/c1-7-27-23-43(27,40(53)47-60(55,56)30-17-18-30)46-38(51)34-21-29(24-48(34)39(52)37(25(2)12-11-15-36(49)50)45-41(54)59-42(3,4)5)58-35-22-32(26-13-9-8-10-14-26)44-33-20-28(57-6)16-19-31(33)35/h7-11,13-16,19-20,22,25,27,29-30,34,37H,1,12,17-18,21,23-24H2,2-6H3,(H,45,54)(H,46,51)(H,47,53)(H,49,50)/t25-,27-,29-,34+,37+,43-/m1/s1. The molecule has 2 heterocycles.